The van der Waals surface area contributed by atoms with Crippen molar-refractivity contribution in [2.24, 2.45) is 0 Å². The number of para-hydroxylation sites is 1. The first-order valence-electron chi connectivity index (χ1n) is 16.0. The molecule has 0 aliphatic heterocycles. The molecule has 0 spiro atoms. The normalized spacial score (nSPS) is 12.7. The van der Waals surface area contributed by atoms with E-state index in [0.29, 0.717) is 0 Å². The molecule has 0 bridgehead atoms. The zero-order valence-electron chi connectivity index (χ0n) is 26.2. The van der Waals surface area contributed by atoms with Crippen molar-refractivity contribution < 1.29 is 0 Å². The van der Waals surface area contributed by atoms with Crippen LogP contribution in [-0.4, -0.2) is 0 Å². The summed E-state index contributed by atoms with van der Waals surface area (Å²) in [5, 5.41) is 0. The average molecular weight is 590 g/mol. The summed E-state index contributed by atoms with van der Waals surface area (Å²) in [6, 6.07) is 63.8. The highest BCUT2D eigenvalue weighted by molar-refractivity contribution is 5.95. The second-order valence-corrected chi connectivity index (χ2v) is 12.6. The Morgan fingerprint density at radius 2 is 0.891 bits per heavy atom. The molecule has 0 N–H and O–H groups in total. The van der Waals surface area contributed by atoms with Crippen molar-refractivity contribution in [2.75, 3.05) is 4.90 Å². The number of fused-ring (bicyclic) bond motifs is 3. The number of nitrogens with zero attached hydrogens (tertiary/aromatic N) is 1. The third-order valence-electron chi connectivity index (χ3n) is 9.42. The zero-order valence-corrected chi connectivity index (χ0v) is 26.2. The maximum absolute atomic E-state index is 2.45. The SMILES string of the molecule is CC1(C)c2ccccc2-c2cc(N(c3cccc(-c4ccccc4)c3)c3ccccc3-c3ccccc3)cc(-c3ccccc3)c21. The van der Waals surface area contributed by atoms with Gasteiger partial charge in [-0.15, -0.1) is 0 Å². The van der Waals surface area contributed by atoms with Crippen LogP contribution < -0.4 is 4.90 Å². The quantitative estimate of drug-likeness (QED) is 0.186. The second kappa shape index (κ2) is 11.4. The van der Waals surface area contributed by atoms with Crippen LogP contribution in [0.2, 0.25) is 0 Å². The van der Waals surface area contributed by atoms with Gasteiger partial charge < -0.3 is 4.90 Å². The summed E-state index contributed by atoms with van der Waals surface area (Å²) >= 11 is 0. The molecule has 0 atom stereocenters. The Morgan fingerprint density at radius 1 is 0.370 bits per heavy atom. The molecule has 7 aromatic carbocycles. The second-order valence-electron chi connectivity index (χ2n) is 12.6. The maximum Gasteiger partial charge on any atom is 0.0540 e. The minimum Gasteiger partial charge on any atom is -0.310 e. The van der Waals surface area contributed by atoms with E-state index in [1.54, 1.807) is 0 Å². The maximum atomic E-state index is 2.45. The minimum absolute atomic E-state index is 0.129. The van der Waals surface area contributed by atoms with Gasteiger partial charge in [-0.05, 0) is 80.4 Å². The summed E-state index contributed by atoms with van der Waals surface area (Å²) in [5.41, 5.74) is 15.9. The van der Waals surface area contributed by atoms with Gasteiger partial charge in [-0.2, -0.15) is 0 Å². The van der Waals surface area contributed by atoms with Gasteiger partial charge in [0, 0.05) is 22.4 Å². The highest BCUT2D eigenvalue weighted by Crippen LogP contribution is 2.55. The predicted molar refractivity (Wildman–Crippen MR) is 195 cm³/mol. The van der Waals surface area contributed by atoms with Crippen molar-refractivity contribution in [2.45, 2.75) is 19.3 Å². The van der Waals surface area contributed by atoms with E-state index in [2.05, 4.69) is 195 Å². The van der Waals surface area contributed by atoms with Gasteiger partial charge in [0.15, 0.2) is 0 Å². The van der Waals surface area contributed by atoms with Crippen LogP contribution >= 0.6 is 0 Å². The molecule has 0 saturated carbocycles. The third kappa shape index (κ3) is 4.73. The van der Waals surface area contributed by atoms with Gasteiger partial charge in [-0.1, -0.05) is 159 Å². The van der Waals surface area contributed by atoms with Gasteiger partial charge in [0.2, 0.25) is 0 Å². The lowest BCUT2D eigenvalue weighted by Gasteiger charge is -2.31. The summed E-state index contributed by atoms with van der Waals surface area (Å²) in [4.78, 5) is 2.45. The van der Waals surface area contributed by atoms with E-state index < -0.39 is 0 Å². The number of hydrogen-bond acceptors (Lipinski definition) is 1. The van der Waals surface area contributed by atoms with Gasteiger partial charge in [0.25, 0.3) is 0 Å². The van der Waals surface area contributed by atoms with E-state index >= 15 is 0 Å². The molecule has 0 amide bonds. The topological polar surface area (TPSA) is 3.24 Å². The van der Waals surface area contributed by atoms with Gasteiger partial charge in [0.05, 0.1) is 5.69 Å². The summed E-state index contributed by atoms with van der Waals surface area (Å²) in [7, 11) is 0. The van der Waals surface area contributed by atoms with Crippen molar-refractivity contribution >= 4 is 17.1 Å². The van der Waals surface area contributed by atoms with Gasteiger partial charge in [-0.3, -0.25) is 0 Å². The Bertz CT molecular complexity index is 2160. The molecule has 0 fully saturated rings. The molecule has 1 aliphatic carbocycles. The smallest absolute Gasteiger partial charge is 0.0540 e. The van der Waals surface area contributed by atoms with Crippen molar-refractivity contribution in [3.05, 3.63) is 187 Å². The Kier molecular flexibility index (Phi) is 6.88. The largest absolute Gasteiger partial charge is 0.310 e. The van der Waals surface area contributed by atoms with Gasteiger partial charge >= 0.3 is 0 Å². The Balaban J connectivity index is 1.44. The van der Waals surface area contributed by atoms with Gasteiger partial charge in [0.1, 0.15) is 0 Å². The summed E-state index contributed by atoms with van der Waals surface area (Å²) < 4.78 is 0. The molecule has 46 heavy (non-hydrogen) atoms. The molecule has 0 unspecified atom stereocenters. The molecule has 0 aromatic heterocycles. The van der Waals surface area contributed by atoms with E-state index in [-0.39, 0.29) is 5.41 Å². The van der Waals surface area contributed by atoms with Crippen LogP contribution in [0.4, 0.5) is 17.1 Å². The number of hydrogen-bond donors (Lipinski definition) is 0. The minimum atomic E-state index is -0.129. The molecule has 7 aromatic rings. The molecule has 8 rings (SSSR count). The molecule has 1 nitrogen and oxygen atoms in total. The first kappa shape index (κ1) is 27.9. The van der Waals surface area contributed by atoms with Crippen LogP contribution in [0, 0.1) is 0 Å². The third-order valence-corrected chi connectivity index (χ3v) is 9.42. The molecule has 1 heteroatoms. The molecule has 0 heterocycles. The molecule has 0 saturated heterocycles. The number of benzene rings is 7. The summed E-state index contributed by atoms with van der Waals surface area (Å²) in [5.74, 6) is 0. The summed E-state index contributed by atoms with van der Waals surface area (Å²) in [6.07, 6.45) is 0. The van der Waals surface area contributed by atoms with Gasteiger partial charge in [-0.25, -0.2) is 0 Å². The lowest BCUT2D eigenvalue weighted by molar-refractivity contribution is 0.662. The van der Waals surface area contributed by atoms with Crippen LogP contribution in [0.25, 0.3) is 44.5 Å². The zero-order chi connectivity index (χ0) is 31.1. The monoisotopic (exact) mass is 589 g/mol. The molecular weight excluding hydrogens is 555 g/mol. The Morgan fingerprint density at radius 3 is 1.59 bits per heavy atom. The highest BCUT2D eigenvalue weighted by atomic mass is 15.1. The fraction of sp³-hybridized carbons (Fsp3) is 0.0667. The van der Waals surface area contributed by atoms with E-state index in [4.69, 9.17) is 0 Å². The van der Waals surface area contributed by atoms with Crippen LogP contribution in [0.15, 0.2) is 176 Å². The predicted octanol–water partition coefficient (Wildman–Crippen LogP) is 12.5. The number of rotatable bonds is 6. The van der Waals surface area contributed by atoms with Crippen LogP contribution in [0.5, 0.6) is 0 Å². The molecule has 0 radical (unpaired) electrons. The van der Waals surface area contributed by atoms with Crippen molar-refractivity contribution in [3.8, 4) is 44.5 Å². The summed E-state index contributed by atoms with van der Waals surface area (Å²) in [6.45, 7) is 4.74. The Labute approximate surface area is 272 Å². The van der Waals surface area contributed by atoms with Crippen LogP contribution in [0.1, 0.15) is 25.0 Å². The Hall–Kier alpha value is -5.66. The fourth-order valence-corrected chi connectivity index (χ4v) is 7.30. The molecule has 220 valence electrons. The fourth-order valence-electron chi connectivity index (χ4n) is 7.30. The van der Waals surface area contributed by atoms with Crippen molar-refractivity contribution in [1.29, 1.82) is 0 Å². The highest BCUT2D eigenvalue weighted by Gasteiger charge is 2.38. The van der Waals surface area contributed by atoms with E-state index in [1.807, 2.05) is 0 Å². The van der Waals surface area contributed by atoms with Crippen LogP contribution in [-0.2, 0) is 5.41 Å². The first-order valence-corrected chi connectivity index (χ1v) is 16.0. The average Bonchev–Trinajstić information content (AvgIpc) is 3.36. The lowest BCUT2D eigenvalue weighted by Crippen LogP contribution is -2.17. The van der Waals surface area contributed by atoms with E-state index in [0.717, 1.165) is 17.1 Å². The lowest BCUT2D eigenvalue weighted by atomic mass is 9.78. The first-order chi connectivity index (χ1) is 22.6. The van der Waals surface area contributed by atoms with Crippen LogP contribution in [0.3, 0.4) is 0 Å². The molecule has 1 aliphatic rings. The molecular formula is C45H35N. The van der Waals surface area contributed by atoms with Crippen molar-refractivity contribution in [3.63, 3.8) is 0 Å². The standard InChI is InChI=1S/C45H35N/c1-45(2)42-27-14-12-26-39(42)41-31-37(30-40(44(41)45)34-21-10-5-11-22-34)46(36-24-16-23-35(29-36)32-17-6-3-7-18-32)43-28-15-13-25-38(43)33-19-8-4-9-20-33/h3-31H,1-2H3. The number of anilines is 3. The van der Waals surface area contributed by atoms with E-state index in [1.165, 1.54) is 55.6 Å². The van der Waals surface area contributed by atoms with Crippen molar-refractivity contribution in [1.82, 2.24) is 0 Å². The van der Waals surface area contributed by atoms with E-state index in [9.17, 15) is 0 Å².